The molecule has 0 aliphatic carbocycles. The molecular formula is C12H21N3OS. The van der Waals surface area contributed by atoms with Crippen molar-refractivity contribution in [2.75, 3.05) is 20.2 Å². The van der Waals surface area contributed by atoms with Gasteiger partial charge in [-0.1, -0.05) is 6.92 Å². The number of hydrogen-bond donors (Lipinski definition) is 2. The monoisotopic (exact) mass is 255 g/mol. The summed E-state index contributed by atoms with van der Waals surface area (Å²) in [6.45, 7) is 5.00. The molecule has 2 N–H and O–H groups in total. The molecule has 96 valence electrons. The summed E-state index contributed by atoms with van der Waals surface area (Å²) in [6, 6.07) is 0.533. The van der Waals surface area contributed by atoms with Crippen LogP contribution in [0.15, 0.2) is 6.20 Å². The second-order valence-corrected chi connectivity index (χ2v) is 5.60. The van der Waals surface area contributed by atoms with E-state index in [2.05, 4.69) is 22.5 Å². The van der Waals surface area contributed by atoms with E-state index < -0.39 is 0 Å². The fourth-order valence-corrected chi connectivity index (χ4v) is 2.90. The molecule has 1 aliphatic rings. The molecule has 0 bridgehead atoms. The van der Waals surface area contributed by atoms with Crippen molar-refractivity contribution in [2.24, 2.45) is 0 Å². The van der Waals surface area contributed by atoms with E-state index in [4.69, 9.17) is 4.74 Å². The lowest BCUT2D eigenvalue weighted by Gasteiger charge is -2.10. The number of nitrogens with one attached hydrogen (secondary N) is 2. The molecule has 5 heteroatoms. The smallest absolute Gasteiger partial charge is 0.107 e. The highest BCUT2D eigenvalue weighted by molar-refractivity contribution is 7.11. The lowest BCUT2D eigenvalue weighted by atomic mass is 10.2. The van der Waals surface area contributed by atoms with Crippen molar-refractivity contribution >= 4 is 11.3 Å². The molecule has 2 unspecified atom stereocenters. The first-order valence-electron chi connectivity index (χ1n) is 6.22. The van der Waals surface area contributed by atoms with Gasteiger partial charge in [0.25, 0.3) is 0 Å². The molecule has 4 nitrogen and oxygen atoms in total. The molecule has 2 heterocycles. The summed E-state index contributed by atoms with van der Waals surface area (Å²) in [6.07, 6.45) is 4.54. The highest BCUT2D eigenvalue weighted by Crippen LogP contribution is 2.13. The molecule has 2 atom stereocenters. The Labute approximate surface area is 107 Å². The molecule has 1 aromatic heterocycles. The van der Waals surface area contributed by atoms with Gasteiger partial charge >= 0.3 is 0 Å². The van der Waals surface area contributed by atoms with Crippen LogP contribution in [0.25, 0.3) is 0 Å². The first-order chi connectivity index (χ1) is 8.31. The highest BCUT2D eigenvalue weighted by atomic mass is 32.1. The molecule has 1 fully saturated rings. The normalized spacial score (nSPS) is 24.4. The highest BCUT2D eigenvalue weighted by Gasteiger charge is 2.22. The van der Waals surface area contributed by atoms with E-state index in [0.717, 1.165) is 32.5 Å². The van der Waals surface area contributed by atoms with Crippen LogP contribution in [0.4, 0.5) is 0 Å². The van der Waals surface area contributed by atoms with Gasteiger partial charge in [-0.05, 0) is 12.8 Å². The predicted molar refractivity (Wildman–Crippen MR) is 70.4 cm³/mol. The SMILES string of the molecule is CCc1cnc(CNCC2CC(OC)CN2)s1. The van der Waals surface area contributed by atoms with Crippen LogP contribution in [0, 0.1) is 0 Å². The van der Waals surface area contributed by atoms with Crippen molar-refractivity contribution in [2.45, 2.75) is 38.5 Å². The van der Waals surface area contributed by atoms with E-state index in [9.17, 15) is 0 Å². The summed E-state index contributed by atoms with van der Waals surface area (Å²) < 4.78 is 5.32. The Bertz CT molecular complexity index is 342. The summed E-state index contributed by atoms with van der Waals surface area (Å²) in [5.74, 6) is 0. The second-order valence-electron chi connectivity index (χ2n) is 4.40. The van der Waals surface area contributed by atoms with Crippen LogP contribution in [0.3, 0.4) is 0 Å². The van der Waals surface area contributed by atoms with Gasteiger partial charge in [0.1, 0.15) is 5.01 Å². The molecule has 0 aromatic carbocycles. The maximum atomic E-state index is 5.32. The molecule has 0 amide bonds. The van der Waals surface area contributed by atoms with Crippen LogP contribution in [0.1, 0.15) is 23.2 Å². The third-order valence-electron chi connectivity index (χ3n) is 3.13. The zero-order valence-corrected chi connectivity index (χ0v) is 11.3. The number of aryl methyl sites for hydroxylation is 1. The third-order valence-corrected chi connectivity index (χ3v) is 4.27. The van der Waals surface area contributed by atoms with Crippen LogP contribution in [0.2, 0.25) is 0 Å². The van der Waals surface area contributed by atoms with Gasteiger partial charge in [0.15, 0.2) is 0 Å². The molecule has 0 saturated carbocycles. The van der Waals surface area contributed by atoms with Crippen LogP contribution < -0.4 is 10.6 Å². The molecule has 1 aromatic rings. The van der Waals surface area contributed by atoms with Crippen molar-refractivity contribution in [1.29, 1.82) is 0 Å². The van der Waals surface area contributed by atoms with Gasteiger partial charge < -0.3 is 15.4 Å². The summed E-state index contributed by atoms with van der Waals surface area (Å²) in [7, 11) is 1.78. The summed E-state index contributed by atoms with van der Waals surface area (Å²) in [5, 5.41) is 8.09. The number of ether oxygens (including phenoxy) is 1. The van der Waals surface area contributed by atoms with Crippen LogP contribution >= 0.6 is 11.3 Å². The Morgan fingerprint density at radius 2 is 2.53 bits per heavy atom. The lowest BCUT2D eigenvalue weighted by Crippen LogP contribution is -2.33. The fraction of sp³-hybridized carbons (Fsp3) is 0.750. The fourth-order valence-electron chi connectivity index (χ4n) is 2.06. The van der Waals surface area contributed by atoms with Crippen LogP contribution in [-0.4, -0.2) is 37.3 Å². The van der Waals surface area contributed by atoms with Crippen molar-refractivity contribution in [1.82, 2.24) is 15.6 Å². The second kappa shape index (κ2) is 6.44. The number of nitrogens with zero attached hydrogens (tertiary/aromatic N) is 1. The standard InChI is InChI=1S/C12H21N3OS/c1-3-11-7-15-12(17-11)8-13-5-9-4-10(16-2)6-14-9/h7,9-10,13-14H,3-6,8H2,1-2H3. The summed E-state index contributed by atoms with van der Waals surface area (Å²) >= 11 is 1.80. The number of aromatic nitrogens is 1. The topological polar surface area (TPSA) is 46.2 Å². The molecule has 1 saturated heterocycles. The van der Waals surface area contributed by atoms with Gasteiger partial charge in [0.2, 0.25) is 0 Å². The number of rotatable bonds is 6. The van der Waals surface area contributed by atoms with Crippen molar-refractivity contribution in [3.8, 4) is 0 Å². The van der Waals surface area contributed by atoms with Crippen molar-refractivity contribution in [3.63, 3.8) is 0 Å². The van der Waals surface area contributed by atoms with Gasteiger partial charge in [-0.25, -0.2) is 4.98 Å². The largest absolute Gasteiger partial charge is 0.380 e. The third kappa shape index (κ3) is 3.74. The summed E-state index contributed by atoms with van der Waals surface area (Å²) in [4.78, 5) is 5.75. The number of thiazole rings is 1. The Morgan fingerprint density at radius 1 is 1.65 bits per heavy atom. The molecule has 1 aliphatic heterocycles. The first kappa shape index (κ1) is 13.0. The minimum absolute atomic E-state index is 0.383. The average molecular weight is 255 g/mol. The summed E-state index contributed by atoms with van der Waals surface area (Å²) in [5.41, 5.74) is 0. The Hall–Kier alpha value is -0.490. The quantitative estimate of drug-likeness (QED) is 0.801. The van der Waals surface area contributed by atoms with E-state index in [1.54, 1.807) is 18.4 Å². The van der Waals surface area contributed by atoms with Crippen molar-refractivity contribution < 1.29 is 4.74 Å². The molecule has 0 radical (unpaired) electrons. The minimum Gasteiger partial charge on any atom is -0.380 e. The Balaban J connectivity index is 1.66. The molecular weight excluding hydrogens is 234 g/mol. The zero-order valence-electron chi connectivity index (χ0n) is 10.5. The van der Waals surface area contributed by atoms with Gasteiger partial charge in [0, 0.05) is 43.9 Å². The van der Waals surface area contributed by atoms with Crippen molar-refractivity contribution in [3.05, 3.63) is 16.1 Å². The zero-order chi connectivity index (χ0) is 12.1. The van der Waals surface area contributed by atoms with Gasteiger partial charge in [-0.3, -0.25) is 0 Å². The Kier molecular flexibility index (Phi) is 4.91. The van der Waals surface area contributed by atoms with Gasteiger partial charge in [-0.15, -0.1) is 11.3 Å². The van der Waals surface area contributed by atoms with E-state index in [0.29, 0.717) is 12.1 Å². The molecule has 17 heavy (non-hydrogen) atoms. The van der Waals surface area contributed by atoms with Crippen LogP contribution in [0.5, 0.6) is 0 Å². The maximum absolute atomic E-state index is 5.32. The van der Waals surface area contributed by atoms with Crippen LogP contribution in [-0.2, 0) is 17.7 Å². The lowest BCUT2D eigenvalue weighted by molar-refractivity contribution is 0.117. The molecule has 2 rings (SSSR count). The minimum atomic E-state index is 0.383. The van der Waals surface area contributed by atoms with Gasteiger partial charge in [-0.2, -0.15) is 0 Å². The first-order valence-corrected chi connectivity index (χ1v) is 7.04. The number of methoxy groups -OCH3 is 1. The maximum Gasteiger partial charge on any atom is 0.107 e. The van der Waals surface area contributed by atoms with E-state index in [-0.39, 0.29) is 0 Å². The molecule has 0 spiro atoms. The van der Waals surface area contributed by atoms with E-state index in [1.165, 1.54) is 9.88 Å². The predicted octanol–water partition coefficient (Wildman–Crippen LogP) is 1.17. The van der Waals surface area contributed by atoms with E-state index in [1.807, 2.05) is 6.20 Å². The van der Waals surface area contributed by atoms with Gasteiger partial charge in [0.05, 0.1) is 6.10 Å². The Morgan fingerprint density at radius 3 is 3.18 bits per heavy atom. The average Bonchev–Trinajstić information content (AvgIpc) is 2.97. The number of hydrogen-bond acceptors (Lipinski definition) is 5. The van der Waals surface area contributed by atoms with E-state index >= 15 is 0 Å².